The molecule has 1 aromatic carbocycles. The first-order valence-corrected chi connectivity index (χ1v) is 8.23. The van der Waals surface area contributed by atoms with Crippen LogP contribution in [0.5, 0.6) is 0 Å². The largest absolute Gasteiger partial charge is 0.398 e. The molecule has 0 atom stereocenters. The Labute approximate surface area is 124 Å². The van der Waals surface area contributed by atoms with Gasteiger partial charge in [0.25, 0.3) is 0 Å². The van der Waals surface area contributed by atoms with Gasteiger partial charge in [-0.15, -0.1) is 0 Å². The first-order valence-electron chi connectivity index (χ1n) is 7.43. The van der Waals surface area contributed by atoms with Crippen LogP contribution in [0.25, 0.3) is 0 Å². The highest BCUT2D eigenvalue weighted by molar-refractivity contribution is 9.10. The van der Waals surface area contributed by atoms with Crippen molar-refractivity contribution < 1.29 is 0 Å². The van der Waals surface area contributed by atoms with Crippen LogP contribution in [0.15, 0.2) is 22.7 Å². The molecule has 0 radical (unpaired) electrons. The second-order valence-corrected chi connectivity index (χ2v) is 7.24. The molecular weight excluding hydrogens is 300 g/mol. The van der Waals surface area contributed by atoms with Crippen LogP contribution in [0.3, 0.4) is 0 Å². The number of nitrogen functional groups attached to an aromatic ring is 1. The van der Waals surface area contributed by atoms with Crippen LogP contribution in [0, 0.1) is 5.41 Å². The number of nitrogens with two attached hydrogens (primary N) is 1. The van der Waals surface area contributed by atoms with E-state index < -0.39 is 0 Å². The van der Waals surface area contributed by atoms with Crippen molar-refractivity contribution in [1.29, 1.82) is 0 Å². The molecule has 3 heteroatoms. The van der Waals surface area contributed by atoms with Gasteiger partial charge in [0.2, 0.25) is 0 Å². The summed E-state index contributed by atoms with van der Waals surface area (Å²) >= 11 is 3.47. The summed E-state index contributed by atoms with van der Waals surface area (Å²) in [7, 11) is 0. The SMILES string of the molecule is Nc1cc(Br)ccc1CN1CCC2(CCCC2)CC1. The lowest BCUT2D eigenvalue weighted by atomic mass is 9.77. The number of halogens is 1. The van der Waals surface area contributed by atoms with Crippen molar-refractivity contribution in [3.63, 3.8) is 0 Å². The van der Waals surface area contributed by atoms with E-state index in [0.29, 0.717) is 5.41 Å². The number of nitrogens with zero attached hydrogens (tertiary/aromatic N) is 1. The summed E-state index contributed by atoms with van der Waals surface area (Å²) in [5.41, 5.74) is 8.99. The fourth-order valence-corrected chi connectivity index (χ4v) is 4.14. The molecule has 1 aliphatic carbocycles. The molecule has 1 spiro atoms. The molecule has 3 rings (SSSR count). The lowest BCUT2D eigenvalue weighted by Crippen LogP contribution is -2.38. The van der Waals surface area contributed by atoms with Crippen molar-refractivity contribution in [2.75, 3.05) is 18.8 Å². The van der Waals surface area contributed by atoms with E-state index in [1.807, 2.05) is 6.07 Å². The number of piperidine rings is 1. The van der Waals surface area contributed by atoms with Gasteiger partial charge in [0.1, 0.15) is 0 Å². The van der Waals surface area contributed by atoms with E-state index in [0.717, 1.165) is 16.7 Å². The fourth-order valence-electron chi connectivity index (χ4n) is 3.76. The Balaban J connectivity index is 1.60. The number of rotatable bonds is 2. The van der Waals surface area contributed by atoms with Gasteiger partial charge in [-0.3, -0.25) is 4.90 Å². The highest BCUT2D eigenvalue weighted by Crippen LogP contribution is 2.46. The molecule has 0 bridgehead atoms. The molecule has 2 fully saturated rings. The zero-order valence-electron chi connectivity index (χ0n) is 11.5. The highest BCUT2D eigenvalue weighted by Gasteiger charge is 2.36. The molecule has 1 heterocycles. The van der Waals surface area contributed by atoms with Crippen LogP contribution >= 0.6 is 15.9 Å². The molecule has 0 unspecified atom stereocenters. The third kappa shape index (κ3) is 2.97. The number of anilines is 1. The minimum Gasteiger partial charge on any atom is -0.398 e. The van der Waals surface area contributed by atoms with Gasteiger partial charge in [-0.05, 0) is 61.9 Å². The van der Waals surface area contributed by atoms with Crippen molar-refractivity contribution in [3.8, 4) is 0 Å². The molecule has 0 amide bonds. The normalized spacial score (nSPS) is 23.0. The van der Waals surface area contributed by atoms with E-state index in [1.54, 1.807) is 0 Å². The second kappa shape index (κ2) is 5.45. The van der Waals surface area contributed by atoms with Gasteiger partial charge in [0.05, 0.1) is 0 Å². The Morgan fingerprint density at radius 2 is 1.79 bits per heavy atom. The summed E-state index contributed by atoms with van der Waals surface area (Å²) in [4.78, 5) is 2.57. The summed E-state index contributed by atoms with van der Waals surface area (Å²) in [6, 6.07) is 6.26. The average molecular weight is 323 g/mol. The molecule has 1 saturated carbocycles. The topological polar surface area (TPSA) is 29.3 Å². The van der Waals surface area contributed by atoms with Crippen LogP contribution in [0.2, 0.25) is 0 Å². The van der Waals surface area contributed by atoms with E-state index in [1.165, 1.54) is 57.2 Å². The fraction of sp³-hybridized carbons (Fsp3) is 0.625. The minimum absolute atomic E-state index is 0.710. The summed E-state index contributed by atoms with van der Waals surface area (Å²) < 4.78 is 1.07. The lowest BCUT2D eigenvalue weighted by Gasteiger charge is -2.39. The molecule has 2 N–H and O–H groups in total. The third-order valence-electron chi connectivity index (χ3n) is 5.08. The molecule has 2 nitrogen and oxygen atoms in total. The van der Waals surface area contributed by atoms with Crippen molar-refractivity contribution in [3.05, 3.63) is 28.2 Å². The van der Waals surface area contributed by atoms with Crippen LogP contribution in [-0.2, 0) is 6.54 Å². The lowest BCUT2D eigenvalue weighted by molar-refractivity contribution is 0.104. The summed E-state index contributed by atoms with van der Waals surface area (Å²) in [6.45, 7) is 3.50. The molecule has 0 aromatic heterocycles. The molecular formula is C16H23BrN2. The maximum Gasteiger partial charge on any atom is 0.0371 e. The van der Waals surface area contributed by atoms with Gasteiger partial charge in [-0.1, -0.05) is 34.8 Å². The molecule has 19 heavy (non-hydrogen) atoms. The van der Waals surface area contributed by atoms with E-state index >= 15 is 0 Å². The first kappa shape index (κ1) is 13.4. The zero-order chi connectivity index (χ0) is 13.3. The predicted octanol–water partition coefficient (Wildman–Crippen LogP) is 4.19. The van der Waals surface area contributed by atoms with E-state index in [-0.39, 0.29) is 0 Å². The van der Waals surface area contributed by atoms with Gasteiger partial charge in [-0.25, -0.2) is 0 Å². The number of likely N-dealkylation sites (tertiary alicyclic amines) is 1. The monoisotopic (exact) mass is 322 g/mol. The number of hydrogen-bond acceptors (Lipinski definition) is 2. The quantitative estimate of drug-likeness (QED) is 0.827. The molecule has 104 valence electrons. The summed E-state index contributed by atoms with van der Waals surface area (Å²) in [5, 5.41) is 0. The maximum atomic E-state index is 6.10. The third-order valence-corrected chi connectivity index (χ3v) is 5.58. The van der Waals surface area contributed by atoms with E-state index in [9.17, 15) is 0 Å². The molecule has 1 aromatic rings. The number of benzene rings is 1. The standard InChI is InChI=1S/C16H23BrN2/c17-14-4-3-13(15(18)11-14)12-19-9-7-16(8-10-19)5-1-2-6-16/h3-4,11H,1-2,5-10,12,18H2. The molecule has 2 aliphatic rings. The maximum absolute atomic E-state index is 6.10. The molecule has 1 saturated heterocycles. The van der Waals surface area contributed by atoms with Gasteiger partial charge < -0.3 is 5.73 Å². The Hall–Kier alpha value is -0.540. The van der Waals surface area contributed by atoms with Gasteiger partial charge in [-0.2, -0.15) is 0 Å². The van der Waals surface area contributed by atoms with Gasteiger partial charge in [0, 0.05) is 16.7 Å². The highest BCUT2D eigenvalue weighted by atomic mass is 79.9. The molecule has 1 aliphatic heterocycles. The van der Waals surface area contributed by atoms with Crippen LogP contribution in [0.1, 0.15) is 44.1 Å². The van der Waals surface area contributed by atoms with Crippen molar-refractivity contribution in [1.82, 2.24) is 4.90 Å². The summed E-state index contributed by atoms with van der Waals surface area (Å²) in [6.07, 6.45) is 8.65. The van der Waals surface area contributed by atoms with E-state index in [4.69, 9.17) is 5.73 Å². The Morgan fingerprint density at radius 1 is 1.11 bits per heavy atom. The number of hydrogen-bond donors (Lipinski definition) is 1. The van der Waals surface area contributed by atoms with Crippen LogP contribution in [-0.4, -0.2) is 18.0 Å². The van der Waals surface area contributed by atoms with Crippen molar-refractivity contribution in [2.24, 2.45) is 5.41 Å². The average Bonchev–Trinajstić information content (AvgIpc) is 2.84. The Morgan fingerprint density at radius 3 is 2.42 bits per heavy atom. The Kier molecular flexibility index (Phi) is 3.86. The minimum atomic E-state index is 0.710. The van der Waals surface area contributed by atoms with Crippen molar-refractivity contribution in [2.45, 2.75) is 45.1 Å². The van der Waals surface area contributed by atoms with Crippen LogP contribution in [0.4, 0.5) is 5.69 Å². The first-order chi connectivity index (χ1) is 9.17. The smallest absolute Gasteiger partial charge is 0.0371 e. The Bertz CT molecular complexity index is 442. The van der Waals surface area contributed by atoms with E-state index in [2.05, 4.69) is 33.0 Å². The summed E-state index contributed by atoms with van der Waals surface area (Å²) in [5.74, 6) is 0. The van der Waals surface area contributed by atoms with Gasteiger partial charge >= 0.3 is 0 Å². The van der Waals surface area contributed by atoms with Crippen molar-refractivity contribution >= 4 is 21.6 Å². The zero-order valence-corrected chi connectivity index (χ0v) is 13.1. The van der Waals surface area contributed by atoms with Crippen LogP contribution < -0.4 is 5.73 Å². The van der Waals surface area contributed by atoms with Gasteiger partial charge in [0.15, 0.2) is 0 Å². The second-order valence-electron chi connectivity index (χ2n) is 6.33. The predicted molar refractivity (Wildman–Crippen MR) is 84.0 cm³/mol.